The summed E-state index contributed by atoms with van der Waals surface area (Å²) in [5.74, 6) is 0.702. The zero-order chi connectivity index (χ0) is 13.1. The molecule has 94 valence electrons. The van der Waals surface area contributed by atoms with Gasteiger partial charge >= 0.3 is 0 Å². The van der Waals surface area contributed by atoms with Crippen molar-refractivity contribution < 1.29 is 0 Å². The normalized spacial score (nSPS) is 12.2. The summed E-state index contributed by atoms with van der Waals surface area (Å²) in [7, 11) is 0. The molecule has 1 aromatic carbocycles. The van der Waals surface area contributed by atoms with Gasteiger partial charge in [-0.25, -0.2) is 4.98 Å². The first-order valence-electron chi connectivity index (χ1n) is 5.80. The van der Waals surface area contributed by atoms with Crippen LogP contribution in [0.3, 0.4) is 0 Å². The summed E-state index contributed by atoms with van der Waals surface area (Å²) in [5, 5.41) is 4.01. The third kappa shape index (κ3) is 2.93. The van der Waals surface area contributed by atoms with Gasteiger partial charge in [0.25, 0.3) is 0 Å². The Morgan fingerprint density at radius 1 is 1.33 bits per heavy atom. The molecule has 0 saturated heterocycles. The van der Waals surface area contributed by atoms with E-state index in [0.717, 1.165) is 16.1 Å². The van der Waals surface area contributed by atoms with E-state index in [-0.39, 0.29) is 6.04 Å². The van der Waals surface area contributed by atoms with E-state index in [9.17, 15) is 0 Å². The summed E-state index contributed by atoms with van der Waals surface area (Å²) in [4.78, 5) is 4.30. The van der Waals surface area contributed by atoms with Crippen molar-refractivity contribution >= 4 is 23.1 Å². The van der Waals surface area contributed by atoms with Crippen molar-refractivity contribution in [2.24, 2.45) is 0 Å². The molecule has 0 amide bonds. The number of halogens is 1. The van der Waals surface area contributed by atoms with Crippen LogP contribution in [-0.4, -0.2) is 4.98 Å². The van der Waals surface area contributed by atoms with Crippen molar-refractivity contribution in [2.45, 2.75) is 19.9 Å². The molecule has 0 saturated carbocycles. The first-order valence-corrected chi connectivity index (χ1v) is 6.18. The van der Waals surface area contributed by atoms with Crippen LogP contribution in [0.25, 0.3) is 0 Å². The lowest BCUT2D eigenvalue weighted by Gasteiger charge is -2.16. The molecular formula is C14H16ClN3. The average Bonchev–Trinajstić information content (AvgIpc) is 2.32. The zero-order valence-corrected chi connectivity index (χ0v) is 11.2. The van der Waals surface area contributed by atoms with Gasteiger partial charge in [-0.3, -0.25) is 0 Å². The smallest absolute Gasteiger partial charge is 0.149 e. The molecule has 1 aromatic heterocycles. The second-order valence-electron chi connectivity index (χ2n) is 4.37. The molecule has 3 N–H and O–H groups in total. The molecule has 4 heteroatoms. The van der Waals surface area contributed by atoms with E-state index >= 15 is 0 Å². The largest absolute Gasteiger partial charge is 0.396 e. The van der Waals surface area contributed by atoms with E-state index in [1.54, 1.807) is 6.20 Å². The lowest BCUT2D eigenvalue weighted by molar-refractivity contribution is 0.875. The second kappa shape index (κ2) is 5.27. The molecule has 0 spiro atoms. The maximum atomic E-state index is 5.98. The van der Waals surface area contributed by atoms with Crippen LogP contribution in [0.2, 0.25) is 5.02 Å². The standard InChI is InChI=1S/C14H16ClN3/c1-9-6-13(16)14(17-8-9)18-10(2)11-4-3-5-12(15)7-11/h3-8,10H,16H2,1-2H3,(H,17,18). The zero-order valence-electron chi connectivity index (χ0n) is 10.4. The topological polar surface area (TPSA) is 50.9 Å². The van der Waals surface area contributed by atoms with Crippen LogP contribution in [0, 0.1) is 6.92 Å². The quantitative estimate of drug-likeness (QED) is 0.884. The highest BCUT2D eigenvalue weighted by atomic mass is 35.5. The van der Waals surface area contributed by atoms with Gasteiger partial charge < -0.3 is 11.1 Å². The van der Waals surface area contributed by atoms with Crippen molar-refractivity contribution in [1.82, 2.24) is 4.98 Å². The number of hydrogen-bond acceptors (Lipinski definition) is 3. The van der Waals surface area contributed by atoms with E-state index in [0.29, 0.717) is 11.5 Å². The van der Waals surface area contributed by atoms with Crippen molar-refractivity contribution in [3.63, 3.8) is 0 Å². The van der Waals surface area contributed by atoms with E-state index in [2.05, 4.69) is 10.3 Å². The summed E-state index contributed by atoms with van der Waals surface area (Å²) in [6, 6.07) is 9.75. The Bertz CT molecular complexity index is 554. The summed E-state index contributed by atoms with van der Waals surface area (Å²) >= 11 is 5.98. The number of aromatic nitrogens is 1. The van der Waals surface area contributed by atoms with Gasteiger partial charge in [-0.15, -0.1) is 0 Å². The Morgan fingerprint density at radius 3 is 2.78 bits per heavy atom. The Balaban J connectivity index is 2.18. The number of nitrogens with one attached hydrogen (secondary N) is 1. The Hall–Kier alpha value is -1.74. The molecule has 0 fully saturated rings. The number of benzene rings is 1. The van der Waals surface area contributed by atoms with Gasteiger partial charge in [-0.1, -0.05) is 23.7 Å². The number of anilines is 2. The first kappa shape index (κ1) is 12.7. The SMILES string of the molecule is Cc1cnc(NC(C)c2cccc(Cl)c2)c(N)c1. The number of aryl methyl sites for hydroxylation is 1. The molecule has 0 radical (unpaired) electrons. The maximum Gasteiger partial charge on any atom is 0.149 e. The fourth-order valence-corrected chi connectivity index (χ4v) is 1.98. The van der Waals surface area contributed by atoms with E-state index < -0.39 is 0 Å². The number of pyridine rings is 1. The molecule has 1 atom stereocenters. The summed E-state index contributed by atoms with van der Waals surface area (Å²) < 4.78 is 0. The second-order valence-corrected chi connectivity index (χ2v) is 4.81. The monoisotopic (exact) mass is 261 g/mol. The minimum Gasteiger partial charge on any atom is -0.396 e. The van der Waals surface area contributed by atoms with Crippen LogP contribution in [0.15, 0.2) is 36.5 Å². The van der Waals surface area contributed by atoms with Gasteiger partial charge in [-0.2, -0.15) is 0 Å². The van der Waals surface area contributed by atoms with Crippen LogP contribution >= 0.6 is 11.6 Å². The Labute approximate surface area is 112 Å². The van der Waals surface area contributed by atoms with Crippen LogP contribution in [-0.2, 0) is 0 Å². The summed E-state index contributed by atoms with van der Waals surface area (Å²) in [6.45, 7) is 4.01. The average molecular weight is 262 g/mol. The van der Waals surface area contributed by atoms with Gasteiger partial charge in [0.2, 0.25) is 0 Å². The van der Waals surface area contributed by atoms with Crippen LogP contribution in [0.5, 0.6) is 0 Å². The number of rotatable bonds is 3. The molecule has 18 heavy (non-hydrogen) atoms. The number of nitrogens with zero attached hydrogens (tertiary/aromatic N) is 1. The van der Waals surface area contributed by atoms with Gasteiger partial charge in [0.15, 0.2) is 0 Å². The molecular weight excluding hydrogens is 246 g/mol. The highest BCUT2D eigenvalue weighted by molar-refractivity contribution is 6.30. The van der Waals surface area contributed by atoms with Crippen molar-refractivity contribution in [1.29, 1.82) is 0 Å². The van der Waals surface area contributed by atoms with Gasteiger partial charge in [-0.05, 0) is 43.2 Å². The van der Waals surface area contributed by atoms with Gasteiger partial charge in [0, 0.05) is 11.2 Å². The van der Waals surface area contributed by atoms with Crippen LogP contribution < -0.4 is 11.1 Å². The Kier molecular flexibility index (Phi) is 3.72. The highest BCUT2D eigenvalue weighted by Crippen LogP contribution is 2.24. The van der Waals surface area contributed by atoms with E-state index in [1.165, 1.54) is 0 Å². The van der Waals surface area contributed by atoms with Crippen molar-refractivity contribution in [3.8, 4) is 0 Å². The lowest BCUT2D eigenvalue weighted by atomic mass is 10.1. The third-order valence-corrected chi connectivity index (χ3v) is 2.99. The molecule has 3 nitrogen and oxygen atoms in total. The molecule has 0 aliphatic rings. The first-order chi connectivity index (χ1) is 8.56. The number of hydrogen-bond donors (Lipinski definition) is 2. The van der Waals surface area contributed by atoms with Gasteiger partial charge in [0.05, 0.1) is 11.7 Å². The molecule has 1 unspecified atom stereocenters. The fourth-order valence-electron chi connectivity index (χ4n) is 1.78. The molecule has 2 aromatic rings. The molecule has 2 rings (SSSR count). The van der Waals surface area contributed by atoms with Crippen molar-refractivity contribution in [3.05, 3.63) is 52.7 Å². The predicted octanol–water partition coefficient (Wildman–Crippen LogP) is 3.80. The molecule has 1 heterocycles. The minimum atomic E-state index is 0.0983. The number of nitrogens with two attached hydrogens (primary N) is 1. The van der Waals surface area contributed by atoms with Crippen LogP contribution in [0.1, 0.15) is 24.1 Å². The summed E-state index contributed by atoms with van der Waals surface area (Å²) in [5.41, 5.74) is 8.73. The van der Waals surface area contributed by atoms with Crippen molar-refractivity contribution in [2.75, 3.05) is 11.1 Å². The predicted molar refractivity (Wildman–Crippen MR) is 76.9 cm³/mol. The van der Waals surface area contributed by atoms with Crippen LogP contribution in [0.4, 0.5) is 11.5 Å². The fraction of sp³-hybridized carbons (Fsp3) is 0.214. The minimum absolute atomic E-state index is 0.0983. The Morgan fingerprint density at radius 2 is 2.11 bits per heavy atom. The lowest BCUT2D eigenvalue weighted by Crippen LogP contribution is -2.10. The van der Waals surface area contributed by atoms with E-state index in [1.807, 2.05) is 44.2 Å². The molecule has 0 aliphatic carbocycles. The molecule has 0 bridgehead atoms. The molecule has 0 aliphatic heterocycles. The summed E-state index contributed by atoms with van der Waals surface area (Å²) in [6.07, 6.45) is 1.80. The maximum absolute atomic E-state index is 5.98. The van der Waals surface area contributed by atoms with Gasteiger partial charge in [0.1, 0.15) is 5.82 Å². The highest BCUT2D eigenvalue weighted by Gasteiger charge is 2.08. The number of nitrogen functional groups attached to an aromatic ring is 1. The third-order valence-electron chi connectivity index (χ3n) is 2.76. The van der Waals surface area contributed by atoms with E-state index in [4.69, 9.17) is 17.3 Å².